The van der Waals surface area contributed by atoms with Crippen LogP contribution in [-0.2, 0) is 23.1 Å². The number of ether oxygens (including phenoxy) is 1. The predicted molar refractivity (Wildman–Crippen MR) is 78.7 cm³/mol. The summed E-state index contributed by atoms with van der Waals surface area (Å²) >= 11 is 0. The van der Waals surface area contributed by atoms with Gasteiger partial charge in [-0.3, -0.25) is 14.4 Å². The number of aromatic nitrogens is 2. The molecule has 0 spiro atoms. The number of rotatable bonds is 2. The van der Waals surface area contributed by atoms with Gasteiger partial charge in [-0.2, -0.15) is 5.10 Å². The first-order valence-corrected chi connectivity index (χ1v) is 7.60. The van der Waals surface area contributed by atoms with Gasteiger partial charge >= 0.3 is 0 Å². The van der Waals surface area contributed by atoms with Crippen molar-refractivity contribution in [1.29, 1.82) is 0 Å². The van der Waals surface area contributed by atoms with E-state index in [9.17, 15) is 4.79 Å². The lowest BCUT2D eigenvalue weighted by Gasteiger charge is -2.37. The lowest BCUT2D eigenvalue weighted by atomic mass is 9.94. The molecule has 0 radical (unpaired) electrons. The summed E-state index contributed by atoms with van der Waals surface area (Å²) in [5, 5.41) is 4.31. The molecule has 2 aliphatic rings. The van der Waals surface area contributed by atoms with Gasteiger partial charge in [0.25, 0.3) is 0 Å². The van der Waals surface area contributed by atoms with Crippen LogP contribution in [0.2, 0.25) is 0 Å². The van der Waals surface area contributed by atoms with Gasteiger partial charge in [0.2, 0.25) is 5.91 Å². The van der Waals surface area contributed by atoms with Crippen LogP contribution >= 0.6 is 0 Å². The van der Waals surface area contributed by atoms with Gasteiger partial charge < -0.3 is 9.64 Å². The highest BCUT2D eigenvalue weighted by Gasteiger charge is 2.34. The fraction of sp³-hybridized carbons (Fsp3) is 0.733. The third kappa shape index (κ3) is 2.96. The van der Waals surface area contributed by atoms with Gasteiger partial charge in [0.1, 0.15) is 6.61 Å². The molecule has 0 aliphatic carbocycles. The van der Waals surface area contributed by atoms with Crippen molar-refractivity contribution in [3.05, 3.63) is 17.5 Å². The van der Waals surface area contributed by atoms with Gasteiger partial charge in [-0.15, -0.1) is 0 Å². The number of fused-ring (bicyclic) bond motifs is 1. The first-order valence-electron chi connectivity index (χ1n) is 7.60. The predicted octanol–water partition coefficient (Wildman–Crippen LogP) is 0.408. The van der Waals surface area contributed by atoms with Crippen LogP contribution in [0.15, 0.2) is 6.20 Å². The standard InChI is InChI=1S/C15H24N4O2/c1-11-12(6-16-18(11)3)8-19-5-4-14-13(9-19)7-17(2)15(20)10-21-14/h6,13-14H,4-5,7-10H2,1-3H3/t13-,14-/m0/s1. The van der Waals surface area contributed by atoms with Crippen LogP contribution < -0.4 is 0 Å². The molecule has 1 amide bonds. The summed E-state index contributed by atoms with van der Waals surface area (Å²) in [6.07, 6.45) is 3.19. The summed E-state index contributed by atoms with van der Waals surface area (Å²) < 4.78 is 7.70. The number of carbonyl (C=O) groups excluding carboxylic acids is 1. The molecule has 6 heteroatoms. The van der Waals surface area contributed by atoms with Crippen LogP contribution in [0.3, 0.4) is 0 Å². The van der Waals surface area contributed by atoms with Crippen LogP contribution in [0.5, 0.6) is 0 Å². The third-order valence-electron chi connectivity index (χ3n) is 4.83. The minimum absolute atomic E-state index is 0.0963. The molecule has 3 heterocycles. The number of likely N-dealkylation sites (tertiary alicyclic amines) is 1. The van der Waals surface area contributed by atoms with E-state index in [0.717, 1.165) is 32.6 Å². The molecule has 21 heavy (non-hydrogen) atoms. The van der Waals surface area contributed by atoms with Crippen LogP contribution in [0.25, 0.3) is 0 Å². The fourth-order valence-corrected chi connectivity index (χ4v) is 3.31. The van der Waals surface area contributed by atoms with Crippen LogP contribution in [-0.4, -0.2) is 64.9 Å². The van der Waals surface area contributed by atoms with Crippen molar-refractivity contribution >= 4 is 5.91 Å². The van der Waals surface area contributed by atoms with Gasteiger partial charge in [-0.1, -0.05) is 0 Å². The molecule has 0 aromatic carbocycles. The van der Waals surface area contributed by atoms with E-state index in [0.29, 0.717) is 5.92 Å². The molecule has 3 rings (SSSR count). The van der Waals surface area contributed by atoms with Crippen LogP contribution in [0.1, 0.15) is 17.7 Å². The lowest BCUT2D eigenvalue weighted by molar-refractivity contribution is -0.133. The lowest BCUT2D eigenvalue weighted by Crippen LogP contribution is -2.46. The van der Waals surface area contributed by atoms with Crippen molar-refractivity contribution in [3.8, 4) is 0 Å². The minimum atomic E-state index is 0.0963. The highest BCUT2D eigenvalue weighted by Crippen LogP contribution is 2.25. The molecule has 0 N–H and O–H groups in total. The summed E-state index contributed by atoms with van der Waals surface area (Å²) in [6, 6.07) is 0. The van der Waals surface area contributed by atoms with Crippen molar-refractivity contribution in [3.63, 3.8) is 0 Å². The van der Waals surface area contributed by atoms with Crippen molar-refractivity contribution in [1.82, 2.24) is 19.6 Å². The Morgan fingerprint density at radius 2 is 2.19 bits per heavy atom. The number of aryl methyl sites for hydroxylation is 1. The molecule has 6 nitrogen and oxygen atoms in total. The summed E-state index contributed by atoms with van der Waals surface area (Å²) in [4.78, 5) is 16.0. The molecular formula is C15H24N4O2. The number of likely N-dealkylation sites (N-methyl/N-ethyl adjacent to an activating group) is 1. The molecule has 2 atom stereocenters. The Labute approximate surface area is 125 Å². The van der Waals surface area contributed by atoms with E-state index in [4.69, 9.17) is 4.74 Å². The topological polar surface area (TPSA) is 50.6 Å². The Kier molecular flexibility index (Phi) is 3.99. The second-order valence-electron chi connectivity index (χ2n) is 6.29. The van der Waals surface area contributed by atoms with Crippen LogP contribution in [0.4, 0.5) is 0 Å². The molecule has 1 aromatic rings. The molecular weight excluding hydrogens is 268 g/mol. The largest absolute Gasteiger partial charge is 0.368 e. The average Bonchev–Trinajstić information content (AvgIpc) is 2.69. The summed E-state index contributed by atoms with van der Waals surface area (Å²) in [7, 11) is 3.85. The second kappa shape index (κ2) is 5.77. The molecule has 0 unspecified atom stereocenters. The van der Waals surface area contributed by atoms with Gasteiger partial charge in [0.15, 0.2) is 0 Å². The maximum atomic E-state index is 11.8. The van der Waals surface area contributed by atoms with Crippen molar-refractivity contribution < 1.29 is 9.53 Å². The monoisotopic (exact) mass is 292 g/mol. The second-order valence-corrected chi connectivity index (χ2v) is 6.29. The maximum absolute atomic E-state index is 11.8. The summed E-state index contributed by atoms with van der Waals surface area (Å²) in [6.45, 7) is 6.08. The molecule has 2 saturated heterocycles. The van der Waals surface area contributed by atoms with Crippen LogP contribution in [0, 0.1) is 12.8 Å². The number of carbonyl (C=O) groups is 1. The van der Waals surface area contributed by atoms with Crippen molar-refractivity contribution in [2.45, 2.75) is 26.0 Å². The van der Waals surface area contributed by atoms with E-state index in [-0.39, 0.29) is 18.6 Å². The molecule has 1 aromatic heterocycles. The van der Waals surface area contributed by atoms with E-state index < -0.39 is 0 Å². The zero-order valence-electron chi connectivity index (χ0n) is 13.1. The van der Waals surface area contributed by atoms with E-state index in [2.05, 4.69) is 16.9 Å². The van der Waals surface area contributed by atoms with E-state index in [1.165, 1.54) is 11.3 Å². The zero-order valence-corrected chi connectivity index (χ0v) is 13.1. The quantitative estimate of drug-likeness (QED) is 0.792. The number of amides is 1. The first-order chi connectivity index (χ1) is 10.0. The number of hydrogen-bond acceptors (Lipinski definition) is 4. The third-order valence-corrected chi connectivity index (χ3v) is 4.83. The van der Waals surface area contributed by atoms with Gasteiger partial charge in [-0.05, 0) is 13.3 Å². The Morgan fingerprint density at radius 1 is 1.38 bits per heavy atom. The Morgan fingerprint density at radius 3 is 2.90 bits per heavy atom. The SMILES string of the molecule is Cc1c(CN2CC[C@@H]3OCC(=O)N(C)C[C@H]3C2)cnn1C. The highest BCUT2D eigenvalue weighted by molar-refractivity contribution is 5.77. The normalized spacial score (nSPS) is 27.6. The zero-order chi connectivity index (χ0) is 15.0. The van der Waals surface area contributed by atoms with Crippen molar-refractivity contribution in [2.24, 2.45) is 13.0 Å². The van der Waals surface area contributed by atoms with E-state index in [1.54, 1.807) is 0 Å². The number of piperidine rings is 1. The number of hydrogen-bond donors (Lipinski definition) is 0. The fourth-order valence-electron chi connectivity index (χ4n) is 3.31. The van der Waals surface area contributed by atoms with Gasteiger partial charge in [0.05, 0.1) is 12.3 Å². The Hall–Kier alpha value is -1.40. The van der Waals surface area contributed by atoms with E-state index in [1.807, 2.05) is 29.9 Å². The Bertz CT molecular complexity index is 528. The Balaban J connectivity index is 1.65. The summed E-state index contributed by atoms with van der Waals surface area (Å²) in [5.41, 5.74) is 2.51. The maximum Gasteiger partial charge on any atom is 0.248 e. The average molecular weight is 292 g/mol. The summed E-state index contributed by atoms with van der Waals surface area (Å²) in [5.74, 6) is 0.506. The molecule has 2 aliphatic heterocycles. The number of nitrogens with zero attached hydrogens (tertiary/aromatic N) is 4. The highest BCUT2D eigenvalue weighted by atomic mass is 16.5. The smallest absolute Gasteiger partial charge is 0.248 e. The molecule has 116 valence electrons. The molecule has 0 saturated carbocycles. The minimum Gasteiger partial charge on any atom is -0.368 e. The molecule has 2 fully saturated rings. The first kappa shape index (κ1) is 14.5. The van der Waals surface area contributed by atoms with Gasteiger partial charge in [-0.25, -0.2) is 0 Å². The van der Waals surface area contributed by atoms with Crippen molar-refractivity contribution in [2.75, 3.05) is 33.3 Å². The molecule has 0 bridgehead atoms. The van der Waals surface area contributed by atoms with Gasteiger partial charge in [0, 0.05) is 57.4 Å². The van der Waals surface area contributed by atoms with E-state index >= 15 is 0 Å².